The second-order valence-electron chi connectivity index (χ2n) is 7.59. The number of hydrogen-bond acceptors (Lipinski definition) is 4. The zero-order chi connectivity index (χ0) is 21.9. The first-order chi connectivity index (χ1) is 14.4. The van der Waals surface area contributed by atoms with Gasteiger partial charge in [-0.15, -0.1) is 0 Å². The summed E-state index contributed by atoms with van der Waals surface area (Å²) >= 11 is 0. The minimum atomic E-state index is -1.01. The van der Waals surface area contributed by atoms with Crippen molar-refractivity contribution in [3.05, 3.63) is 53.6 Å². The molecule has 0 heterocycles. The topological polar surface area (TPSA) is 92.7 Å². The Hall–Kier alpha value is -2.89. The summed E-state index contributed by atoms with van der Waals surface area (Å²) in [7, 11) is 0. The number of nitrogens with one attached hydrogen (secondary N) is 1. The minimum Gasteiger partial charge on any atom is -0.481 e. The van der Waals surface area contributed by atoms with Gasteiger partial charge in [0.05, 0.1) is 18.9 Å². The predicted octanol–water partition coefficient (Wildman–Crippen LogP) is 3.90. The van der Waals surface area contributed by atoms with Gasteiger partial charge in [-0.25, -0.2) is 0 Å². The smallest absolute Gasteiger partial charge is 0.308 e. The van der Waals surface area contributed by atoms with Crippen LogP contribution in [-0.4, -0.2) is 35.6 Å². The molecule has 0 fully saturated rings. The van der Waals surface area contributed by atoms with E-state index in [0.29, 0.717) is 19.4 Å². The van der Waals surface area contributed by atoms with Gasteiger partial charge < -0.3 is 15.2 Å². The quantitative estimate of drug-likeness (QED) is 0.537. The summed E-state index contributed by atoms with van der Waals surface area (Å²) in [4.78, 5) is 34.9. The second-order valence-corrected chi connectivity index (χ2v) is 7.59. The Morgan fingerprint density at radius 2 is 1.87 bits per heavy atom. The summed E-state index contributed by atoms with van der Waals surface area (Å²) in [6.45, 7) is 3.85. The fraction of sp³-hybridized carbons (Fsp3) is 0.458. The van der Waals surface area contributed by atoms with E-state index < -0.39 is 5.97 Å². The number of rotatable bonds is 11. The van der Waals surface area contributed by atoms with Crippen molar-refractivity contribution in [1.82, 2.24) is 5.32 Å². The highest BCUT2D eigenvalue weighted by molar-refractivity contribution is 5.81. The number of hydrogen-bond donors (Lipinski definition) is 2. The highest BCUT2D eigenvalue weighted by atomic mass is 16.5. The van der Waals surface area contributed by atoms with Crippen molar-refractivity contribution in [1.29, 1.82) is 0 Å². The van der Waals surface area contributed by atoms with Crippen LogP contribution in [-0.2, 0) is 25.5 Å². The Kier molecular flexibility index (Phi) is 9.32. The van der Waals surface area contributed by atoms with Crippen LogP contribution in [0.1, 0.15) is 57.1 Å². The van der Waals surface area contributed by atoms with Crippen LogP contribution in [0.2, 0.25) is 0 Å². The normalized spacial score (nSPS) is 15.1. The lowest BCUT2D eigenvalue weighted by molar-refractivity contribution is -0.148. The molecule has 0 bridgehead atoms. The average molecular weight is 414 g/mol. The number of benzene rings is 1. The Morgan fingerprint density at radius 3 is 2.47 bits per heavy atom. The van der Waals surface area contributed by atoms with Crippen molar-refractivity contribution in [3.63, 3.8) is 0 Å². The Balaban J connectivity index is 2.05. The largest absolute Gasteiger partial charge is 0.481 e. The number of carboxylic acids is 1. The molecule has 0 aromatic heterocycles. The zero-order valence-electron chi connectivity index (χ0n) is 17.7. The Labute approximate surface area is 178 Å². The summed E-state index contributed by atoms with van der Waals surface area (Å²) in [5.41, 5.74) is 3.40. The Bertz CT molecular complexity index is 794. The first-order valence-corrected chi connectivity index (χ1v) is 10.5. The van der Waals surface area contributed by atoms with Crippen LogP contribution >= 0.6 is 0 Å². The fourth-order valence-electron chi connectivity index (χ4n) is 3.47. The maximum atomic E-state index is 12.2. The summed E-state index contributed by atoms with van der Waals surface area (Å²) in [5, 5.41) is 11.7. The van der Waals surface area contributed by atoms with Crippen LogP contribution in [0, 0.1) is 5.92 Å². The molecule has 1 amide bonds. The molecule has 0 spiro atoms. The number of ether oxygens (including phenoxy) is 1. The minimum absolute atomic E-state index is 0.0843. The van der Waals surface area contributed by atoms with Crippen LogP contribution in [0.3, 0.4) is 0 Å². The van der Waals surface area contributed by atoms with Gasteiger partial charge in [-0.05, 0) is 49.3 Å². The summed E-state index contributed by atoms with van der Waals surface area (Å²) in [6, 6.07) is 7.91. The second kappa shape index (κ2) is 12.0. The number of aliphatic carboxylic acids is 1. The molecule has 0 aliphatic heterocycles. The van der Waals surface area contributed by atoms with Crippen molar-refractivity contribution in [2.45, 2.75) is 58.4 Å². The molecule has 30 heavy (non-hydrogen) atoms. The molecule has 1 aliphatic rings. The third kappa shape index (κ3) is 7.85. The zero-order valence-corrected chi connectivity index (χ0v) is 17.7. The van der Waals surface area contributed by atoms with Crippen LogP contribution in [0.25, 0.3) is 5.57 Å². The van der Waals surface area contributed by atoms with E-state index in [-0.39, 0.29) is 36.7 Å². The number of esters is 1. The van der Waals surface area contributed by atoms with E-state index in [0.717, 1.165) is 24.0 Å². The van der Waals surface area contributed by atoms with Crippen LogP contribution in [0.15, 0.2) is 42.5 Å². The number of carboxylic acid groups (broad SMARTS) is 1. The molecule has 6 nitrogen and oxygen atoms in total. The van der Waals surface area contributed by atoms with E-state index in [1.807, 2.05) is 12.1 Å². The Morgan fingerprint density at radius 1 is 1.13 bits per heavy atom. The van der Waals surface area contributed by atoms with Gasteiger partial charge in [0.15, 0.2) is 0 Å². The molecule has 1 aromatic carbocycles. The van der Waals surface area contributed by atoms with Crippen molar-refractivity contribution in [2.75, 3.05) is 6.61 Å². The van der Waals surface area contributed by atoms with Crippen LogP contribution in [0.4, 0.5) is 0 Å². The van der Waals surface area contributed by atoms with Crippen molar-refractivity contribution < 1.29 is 24.2 Å². The van der Waals surface area contributed by atoms with Gasteiger partial charge in [0.25, 0.3) is 0 Å². The van der Waals surface area contributed by atoms with Crippen molar-refractivity contribution >= 4 is 23.4 Å². The summed E-state index contributed by atoms with van der Waals surface area (Å²) < 4.78 is 5.08. The van der Waals surface area contributed by atoms with Gasteiger partial charge in [0.2, 0.25) is 5.91 Å². The molecular formula is C24H31NO5. The van der Waals surface area contributed by atoms with E-state index >= 15 is 0 Å². The molecule has 0 saturated carbocycles. The van der Waals surface area contributed by atoms with E-state index in [4.69, 9.17) is 9.84 Å². The van der Waals surface area contributed by atoms with Gasteiger partial charge in [-0.1, -0.05) is 49.4 Å². The predicted molar refractivity (Wildman–Crippen MR) is 116 cm³/mol. The molecular weight excluding hydrogens is 382 g/mol. The molecule has 2 atom stereocenters. The van der Waals surface area contributed by atoms with E-state index in [9.17, 15) is 14.4 Å². The number of carbonyl (C=O) groups excluding carboxylic acids is 2. The van der Waals surface area contributed by atoms with Gasteiger partial charge in [0, 0.05) is 12.5 Å². The third-order valence-electron chi connectivity index (χ3n) is 5.02. The van der Waals surface area contributed by atoms with Gasteiger partial charge in [0.1, 0.15) is 0 Å². The monoisotopic (exact) mass is 413 g/mol. The molecule has 2 N–H and O–H groups in total. The van der Waals surface area contributed by atoms with E-state index in [1.54, 1.807) is 13.8 Å². The lowest BCUT2D eigenvalue weighted by Crippen LogP contribution is -2.39. The van der Waals surface area contributed by atoms with Crippen LogP contribution in [0.5, 0.6) is 0 Å². The van der Waals surface area contributed by atoms with Crippen molar-refractivity contribution in [2.24, 2.45) is 5.92 Å². The first-order valence-electron chi connectivity index (χ1n) is 10.5. The number of amides is 1. The highest BCUT2D eigenvalue weighted by Gasteiger charge is 2.22. The van der Waals surface area contributed by atoms with Gasteiger partial charge >= 0.3 is 11.9 Å². The molecule has 1 unspecified atom stereocenters. The highest BCUT2D eigenvalue weighted by Crippen LogP contribution is 2.22. The lowest BCUT2D eigenvalue weighted by Gasteiger charge is -2.22. The van der Waals surface area contributed by atoms with Gasteiger partial charge in [-0.3, -0.25) is 14.4 Å². The number of allylic oxidation sites excluding steroid dienone is 4. The molecule has 0 radical (unpaired) electrons. The van der Waals surface area contributed by atoms with E-state index in [2.05, 4.69) is 35.7 Å². The molecule has 1 aromatic rings. The standard InChI is InChI=1S/C24H31NO5/c1-3-30-24(29)17(2)15-21(25-22(26)13-14-23(27)28)16-18-9-11-20(12-10-18)19-7-5-4-6-8-19/h5,7-12,17,21H,3-4,6,13-16H2,1-2H3,(H,25,26)(H,27,28)/t17?,21-/m0/s1. The molecule has 0 saturated heterocycles. The third-order valence-corrected chi connectivity index (χ3v) is 5.02. The van der Waals surface area contributed by atoms with Crippen LogP contribution < -0.4 is 5.32 Å². The summed E-state index contributed by atoms with van der Waals surface area (Å²) in [6.07, 6.45) is 9.32. The summed E-state index contributed by atoms with van der Waals surface area (Å²) in [5.74, 6) is -2.00. The average Bonchev–Trinajstić information content (AvgIpc) is 2.73. The molecule has 1 aliphatic carbocycles. The van der Waals surface area contributed by atoms with Gasteiger partial charge in [-0.2, -0.15) is 0 Å². The fourth-order valence-corrected chi connectivity index (χ4v) is 3.47. The maximum Gasteiger partial charge on any atom is 0.308 e. The first kappa shape index (κ1) is 23.4. The SMILES string of the molecule is CCOC(=O)C(C)C[C@@H](Cc1ccc(C2=CCCC=C2)cc1)NC(=O)CCC(=O)O. The lowest BCUT2D eigenvalue weighted by atomic mass is 9.94. The van der Waals surface area contributed by atoms with Crippen molar-refractivity contribution in [3.8, 4) is 0 Å². The molecule has 2 rings (SSSR count). The molecule has 6 heteroatoms. The number of carbonyl (C=O) groups is 3. The maximum absolute atomic E-state index is 12.2. The van der Waals surface area contributed by atoms with E-state index in [1.165, 1.54) is 5.57 Å². The molecule has 162 valence electrons.